The molecular formula is C20H26N2OS2. The minimum atomic E-state index is -0.0890. The van der Waals surface area contributed by atoms with Gasteiger partial charge in [0.15, 0.2) is 0 Å². The molecule has 134 valence electrons. The number of hydrogen-bond donors (Lipinski definition) is 1. The fourth-order valence-electron chi connectivity index (χ4n) is 4.02. The molecule has 0 aliphatic carbocycles. The van der Waals surface area contributed by atoms with Crippen molar-refractivity contribution in [1.29, 1.82) is 0 Å². The van der Waals surface area contributed by atoms with Gasteiger partial charge in [0, 0.05) is 17.8 Å². The maximum Gasteiger partial charge on any atom is 0.263 e. The summed E-state index contributed by atoms with van der Waals surface area (Å²) in [6, 6.07) is 4.57. The molecule has 2 heterocycles. The predicted octanol–water partition coefficient (Wildman–Crippen LogP) is 4.99. The molecule has 1 amide bonds. The van der Waals surface area contributed by atoms with Crippen LogP contribution in [-0.4, -0.2) is 22.3 Å². The lowest BCUT2D eigenvalue weighted by Gasteiger charge is -2.48. The first kappa shape index (κ1) is 18.5. The van der Waals surface area contributed by atoms with Crippen LogP contribution in [0.2, 0.25) is 0 Å². The van der Waals surface area contributed by atoms with Crippen molar-refractivity contribution >= 4 is 46.0 Å². The normalized spacial score (nSPS) is 23.8. The van der Waals surface area contributed by atoms with Gasteiger partial charge < -0.3 is 10.2 Å². The van der Waals surface area contributed by atoms with Gasteiger partial charge in [0.05, 0.1) is 4.91 Å². The molecule has 1 N–H and O–H groups in total. The van der Waals surface area contributed by atoms with Crippen LogP contribution in [0.4, 0.5) is 5.69 Å². The van der Waals surface area contributed by atoms with Crippen molar-refractivity contribution in [1.82, 2.24) is 5.32 Å². The standard InChI is InChI=1S/C20H26N2OS2/c1-6-7-22-16-8-12(2)14(10-17-18(23)21-19(24)25-17)9-15(16)13(3)11-20(22,4)5/h8-10,13H,6-7,11H2,1-5H3,(H,21,23,24)/b17-10-. The average Bonchev–Trinajstić information content (AvgIpc) is 2.82. The maximum atomic E-state index is 12.0. The van der Waals surface area contributed by atoms with E-state index in [2.05, 4.69) is 57.0 Å². The molecule has 2 aliphatic heterocycles. The minimum absolute atomic E-state index is 0.0890. The zero-order valence-electron chi connectivity index (χ0n) is 15.6. The van der Waals surface area contributed by atoms with Gasteiger partial charge in [0.1, 0.15) is 4.32 Å². The molecule has 3 nitrogen and oxygen atoms in total. The highest BCUT2D eigenvalue weighted by Crippen LogP contribution is 2.44. The number of aryl methyl sites for hydroxylation is 1. The molecule has 1 atom stereocenters. The zero-order chi connectivity index (χ0) is 18.4. The number of fused-ring (bicyclic) bond motifs is 1. The van der Waals surface area contributed by atoms with Crippen molar-refractivity contribution in [3.05, 3.63) is 33.7 Å². The molecule has 1 aromatic carbocycles. The molecule has 1 aromatic rings. The quantitative estimate of drug-likeness (QED) is 0.597. The largest absolute Gasteiger partial charge is 0.366 e. The minimum Gasteiger partial charge on any atom is -0.366 e. The van der Waals surface area contributed by atoms with E-state index in [0.717, 1.165) is 24.9 Å². The summed E-state index contributed by atoms with van der Waals surface area (Å²) < 4.78 is 0.538. The van der Waals surface area contributed by atoms with E-state index in [1.165, 1.54) is 28.6 Å². The van der Waals surface area contributed by atoms with Gasteiger partial charge in [0.25, 0.3) is 5.91 Å². The number of benzene rings is 1. The first-order chi connectivity index (χ1) is 11.7. The van der Waals surface area contributed by atoms with E-state index in [9.17, 15) is 4.79 Å². The number of hydrogen-bond acceptors (Lipinski definition) is 4. The number of carbonyl (C=O) groups is 1. The van der Waals surface area contributed by atoms with E-state index in [4.69, 9.17) is 12.2 Å². The Hall–Kier alpha value is -1.33. The Kier molecular flexibility index (Phi) is 5.00. The average molecular weight is 375 g/mol. The van der Waals surface area contributed by atoms with Gasteiger partial charge in [-0.2, -0.15) is 0 Å². The molecule has 1 saturated heterocycles. The number of nitrogens with one attached hydrogen (secondary N) is 1. The van der Waals surface area contributed by atoms with Crippen molar-refractivity contribution in [2.24, 2.45) is 0 Å². The highest BCUT2D eigenvalue weighted by atomic mass is 32.2. The van der Waals surface area contributed by atoms with Crippen LogP contribution in [0.3, 0.4) is 0 Å². The summed E-state index contributed by atoms with van der Waals surface area (Å²) in [6.45, 7) is 12.4. The van der Waals surface area contributed by atoms with Gasteiger partial charge in [-0.15, -0.1) is 0 Å². The van der Waals surface area contributed by atoms with E-state index < -0.39 is 0 Å². The summed E-state index contributed by atoms with van der Waals surface area (Å²) in [7, 11) is 0. The van der Waals surface area contributed by atoms with Gasteiger partial charge in [0.2, 0.25) is 0 Å². The van der Waals surface area contributed by atoms with Crippen LogP contribution in [-0.2, 0) is 4.79 Å². The summed E-state index contributed by atoms with van der Waals surface area (Å²) in [5.74, 6) is 0.413. The highest BCUT2D eigenvalue weighted by Gasteiger charge is 2.36. The molecule has 25 heavy (non-hydrogen) atoms. The molecule has 5 heteroatoms. The highest BCUT2D eigenvalue weighted by molar-refractivity contribution is 8.26. The Morgan fingerprint density at radius 3 is 2.76 bits per heavy atom. The lowest BCUT2D eigenvalue weighted by atomic mass is 9.79. The number of thioether (sulfide) groups is 1. The summed E-state index contributed by atoms with van der Waals surface area (Å²) in [4.78, 5) is 15.2. The van der Waals surface area contributed by atoms with Crippen LogP contribution < -0.4 is 10.2 Å². The van der Waals surface area contributed by atoms with Crippen molar-refractivity contribution < 1.29 is 4.79 Å². The zero-order valence-corrected chi connectivity index (χ0v) is 17.2. The number of anilines is 1. The van der Waals surface area contributed by atoms with Crippen molar-refractivity contribution in [2.75, 3.05) is 11.4 Å². The van der Waals surface area contributed by atoms with Crippen LogP contribution in [0.5, 0.6) is 0 Å². The second-order valence-corrected chi connectivity index (χ2v) is 9.41. The number of rotatable bonds is 3. The number of thiocarbonyl (C=S) groups is 1. The SMILES string of the molecule is CCCN1c2cc(C)c(/C=C3\SC(=S)NC3=O)cc2C(C)CC1(C)C. The molecule has 0 saturated carbocycles. The fraction of sp³-hybridized carbons (Fsp3) is 0.500. The molecule has 0 aromatic heterocycles. The molecule has 1 fully saturated rings. The summed E-state index contributed by atoms with van der Waals surface area (Å²) in [6.07, 6.45) is 4.25. The van der Waals surface area contributed by atoms with Crippen molar-refractivity contribution in [2.45, 2.75) is 58.9 Å². The smallest absolute Gasteiger partial charge is 0.263 e. The lowest BCUT2D eigenvalue weighted by molar-refractivity contribution is -0.115. The third-order valence-electron chi connectivity index (χ3n) is 5.15. The van der Waals surface area contributed by atoms with Gasteiger partial charge in [-0.3, -0.25) is 4.79 Å². The Morgan fingerprint density at radius 1 is 1.44 bits per heavy atom. The number of amides is 1. The second-order valence-electron chi connectivity index (χ2n) is 7.69. The lowest BCUT2D eigenvalue weighted by Crippen LogP contribution is -2.48. The molecule has 2 aliphatic rings. The molecule has 1 unspecified atom stereocenters. The van der Waals surface area contributed by atoms with E-state index in [-0.39, 0.29) is 11.4 Å². The predicted molar refractivity (Wildman–Crippen MR) is 112 cm³/mol. The van der Waals surface area contributed by atoms with Gasteiger partial charge in [-0.05, 0) is 74.4 Å². The molecule has 3 rings (SSSR count). The second kappa shape index (κ2) is 6.76. The topological polar surface area (TPSA) is 32.3 Å². The third kappa shape index (κ3) is 3.49. The summed E-state index contributed by atoms with van der Waals surface area (Å²) in [5, 5.41) is 2.69. The molecular weight excluding hydrogens is 348 g/mol. The monoisotopic (exact) mass is 374 g/mol. The van der Waals surface area contributed by atoms with Crippen LogP contribution >= 0.6 is 24.0 Å². The van der Waals surface area contributed by atoms with Gasteiger partial charge in [-0.1, -0.05) is 37.8 Å². The third-order valence-corrected chi connectivity index (χ3v) is 6.31. The van der Waals surface area contributed by atoms with E-state index in [1.54, 1.807) is 0 Å². The van der Waals surface area contributed by atoms with E-state index in [1.807, 2.05) is 6.08 Å². The Labute approximate surface area is 160 Å². The Balaban J connectivity index is 2.07. The summed E-state index contributed by atoms with van der Waals surface area (Å²) in [5.41, 5.74) is 5.22. The molecule has 0 bridgehead atoms. The number of carbonyl (C=O) groups excluding carboxylic acids is 1. The maximum absolute atomic E-state index is 12.0. The number of nitrogens with zero attached hydrogens (tertiary/aromatic N) is 1. The van der Waals surface area contributed by atoms with E-state index >= 15 is 0 Å². The Morgan fingerprint density at radius 2 is 2.16 bits per heavy atom. The fourth-order valence-corrected chi connectivity index (χ4v) is 5.05. The van der Waals surface area contributed by atoms with Crippen molar-refractivity contribution in [3.8, 4) is 0 Å². The van der Waals surface area contributed by atoms with E-state index in [0.29, 0.717) is 15.1 Å². The van der Waals surface area contributed by atoms with Gasteiger partial charge in [-0.25, -0.2) is 0 Å². The molecule has 0 spiro atoms. The first-order valence-corrected chi connectivity index (χ1v) is 10.1. The van der Waals surface area contributed by atoms with Crippen molar-refractivity contribution in [3.63, 3.8) is 0 Å². The van der Waals surface area contributed by atoms with Crippen LogP contribution in [0.15, 0.2) is 17.0 Å². The van der Waals surface area contributed by atoms with Crippen LogP contribution in [0, 0.1) is 6.92 Å². The molecule has 0 radical (unpaired) electrons. The summed E-state index contributed by atoms with van der Waals surface area (Å²) >= 11 is 6.44. The first-order valence-electron chi connectivity index (χ1n) is 8.90. The Bertz CT molecular complexity index is 767. The van der Waals surface area contributed by atoms with Crippen LogP contribution in [0.25, 0.3) is 6.08 Å². The van der Waals surface area contributed by atoms with Gasteiger partial charge >= 0.3 is 0 Å². The van der Waals surface area contributed by atoms with Crippen LogP contribution in [0.1, 0.15) is 63.1 Å².